The zero-order valence-corrected chi connectivity index (χ0v) is 21.6. The number of likely N-dealkylation sites (N-methyl/N-ethyl adjacent to an activating group) is 1. The maximum Gasteiger partial charge on any atom is 0.174 e. The fraction of sp³-hybridized carbons (Fsp3) is 0.310. The Morgan fingerprint density at radius 1 is 0.971 bits per heavy atom. The zero-order chi connectivity index (χ0) is 24.2. The van der Waals surface area contributed by atoms with Gasteiger partial charge in [0.25, 0.3) is 0 Å². The second kappa shape index (κ2) is 8.24. The van der Waals surface area contributed by atoms with Crippen molar-refractivity contribution >= 4 is 34.3 Å². The molecule has 0 bridgehead atoms. The average Bonchev–Trinajstić information content (AvgIpc) is 3.14. The summed E-state index contributed by atoms with van der Waals surface area (Å²) >= 11 is 5.92. The molecule has 3 aromatic rings. The molecular weight excluding hydrogens is 436 g/mol. The lowest BCUT2D eigenvalue weighted by atomic mass is 9.86. The average molecular weight is 469 g/mol. The van der Waals surface area contributed by atoms with Gasteiger partial charge in [-0.2, -0.15) is 0 Å². The third kappa shape index (κ3) is 3.78. The minimum absolute atomic E-state index is 0.0121. The molecule has 1 N–H and O–H groups in total. The van der Waals surface area contributed by atoms with Gasteiger partial charge in [-0.05, 0) is 105 Å². The van der Waals surface area contributed by atoms with Crippen LogP contribution < -0.4 is 15.1 Å². The third-order valence-corrected chi connectivity index (χ3v) is 7.48. The number of nitrogens with one attached hydrogen (secondary N) is 1. The Labute approximate surface area is 208 Å². The fourth-order valence-corrected chi connectivity index (χ4v) is 5.77. The number of aryl methyl sites for hydroxylation is 2. The van der Waals surface area contributed by atoms with E-state index in [2.05, 4.69) is 105 Å². The molecule has 1 fully saturated rings. The van der Waals surface area contributed by atoms with Gasteiger partial charge in [-0.1, -0.05) is 24.3 Å². The smallest absolute Gasteiger partial charge is 0.174 e. The zero-order valence-electron chi connectivity index (χ0n) is 20.8. The van der Waals surface area contributed by atoms with Crippen molar-refractivity contribution in [3.63, 3.8) is 0 Å². The molecule has 2 aliphatic rings. The number of rotatable bonds is 3. The third-order valence-electron chi connectivity index (χ3n) is 7.17. The predicted molar refractivity (Wildman–Crippen MR) is 146 cm³/mol. The number of nitrogens with zero attached hydrogens (tertiary/aromatic N) is 3. The number of aromatic nitrogens is 1. The molecule has 4 nitrogen and oxygen atoms in total. The molecule has 0 radical (unpaired) electrons. The van der Waals surface area contributed by atoms with E-state index >= 15 is 0 Å². The molecule has 2 aliphatic heterocycles. The summed E-state index contributed by atoms with van der Waals surface area (Å²) in [6.45, 7) is 11.0. The van der Waals surface area contributed by atoms with E-state index in [9.17, 15) is 0 Å². The quantitative estimate of drug-likeness (QED) is 0.443. The SMILES string of the molecule is CC1=CC(C)(C)N(C)c2ccc(C3C(c4ccccn4)NC(=S)N3c3cc(C)cc(C)c3)cc21. The van der Waals surface area contributed by atoms with Crippen LogP contribution in [0.1, 0.15) is 60.8 Å². The van der Waals surface area contributed by atoms with E-state index in [1.54, 1.807) is 0 Å². The Kier molecular flexibility index (Phi) is 5.48. The highest BCUT2D eigenvalue weighted by molar-refractivity contribution is 7.80. The molecule has 5 rings (SSSR count). The second-order valence-electron chi connectivity index (χ2n) is 10.2. The van der Waals surface area contributed by atoms with Gasteiger partial charge < -0.3 is 15.1 Å². The molecule has 0 spiro atoms. The van der Waals surface area contributed by atoms with E-state index in [-0.39, 0.29) is 17.6 Å². The summed E-state index contributed by atoms with van der Waals surface area (Å²) in [5.41, 5.74) is 9.61. The summed E-state index contributed by atoms with van der Waals surface area (Å²) in [5, 5.41) is 4.32. The van der Waals surface area contributed by atoms with Crippen LogP contribution in [-0.2, 0) is 0 Å². The van der Waals surface area contributed by atoms with Crippen molar-refractivity contribution < 1.29 is 0 Å². The summed E-state index contributed by atoms with van der Waals surface area (Å²) in [4.78, 5) is 9.32. The first-order valence-electron chi connectivity index (χ1n) is 11.8. The monoisotopic (exact) mass is 468 g/mol. The summed E-state index contributed by atoms with van der Waals surface area (Å²) < 4.78 is 0. The van der Waals surface area contributed by atoms with Crippen LogP contribution in [0.5, 0.6) is 0 Å². The molecule has 174 valence electrons. The summed E-state index contributed by atoms with van der Waals surface area (Å²) in [6, 6.07) is 19.5. The van der Waals surface area contributed by atoms with Crippen molar-refractivity contribution in [2.75, 3.05) is 16.8 Å². The molecule has 0 amide bonds. The van der Waals surface area contributed by atoms with Crippen LogP contribution in [0.2, 0.25) is 0 Å². The number of anilines is 2. The van der Waals surface area contributed by atoms with Crippen LogP contribution in [0.25, 0.3) is 5.57 Å². The van der Waals surface area contributed by atoms with Gasteiger partial charge in [0.15, 0.2) is 5.11 Å². The Hall–Kier alpha value is -3.18. The van der Waals surface area contributed by atoms with Crippen LogP contribution >= 0.6 is 12.2 Å². The van der Waals surface area contributed by atoms with E-state index in [1.165, 1.54) is 33.5 Å². The Morgan fingerprint density at radius 3 is 2.38 bits per heavy atom. The van der Waals surface area contributed by atoms with E-state index in [1.807, 2.05) is 18.3 Å². The van der Waals surface area contributed by atoms with Crippen LogP contribution in [0.3, 0.4) is 0 Å². The summed E-state index contributed by atoms with van der Waals surface area (Å²) in [5.74, 6) is 0. The van der Waals surface area contributed by atoms with Crippen LogP contribution in [0, 0.1) is 13.8 Å². The van der Waals surface area contributed by atoms with Gasteiger partial charge in [-0.25, -0.2) is 0 Å². The van der Waals surface area contributed by atoms with Crippen molar-refractivity contribution in [2.45, 2.75) is 52.2 Å². The molecule has 2 aromatic carbocycles. The number of fused-ring (bicyclic) bond motifs is 1. The van der Waals surface area contributed by atoms with Gasteiger partial charge in [0.2, 0.25) is 0 Å². The normalized spacial score (nSPS) is 21.2. The number of pyridine rings is 1. The van der Waals surface area contributed by atoms with Crippen LogP contribution in [-0.4, -0.2) is 22.7 Å². The van der Waals surface area contributed by atoms with Gasteiger partial charge in [0.1, 0.15) is 0 Å². The number of allylic oxidation sites excluding steroid dienone is 1. The van der Waals surface area contributed by atoms with Gasteiger partial charge in [0.05, 0.1) is 23.3 Å². The van der Waals surface area contributed by atoms with Crippen LogP contribution in [0.15, 0.2) is 66.9 Å². The molecular formula is C29H32N4S. The maximum atomic E-state index is 5.92. The predicted octanol–water partition coefficient (Wildman–Crippen LogP) is 6.51. The Morgan fingerprint density at radius 2 is 1.71 bits per heavy atom. The van der Waals surface area contributed by atoms with E-state index < -0.39 is 0 Å². The van der Waals surface area contributed by atoms with Gasteiger partial charge in [-0.15, -0.1) is 0 Å². The van der Waals surface area contributed by atoms with Crippen molar-refractivity contribution in [1.82, 2.24) is 10.3 Å². The lowest BCUT2D eigenvalue weighted by molar-refractivity contribution is 0.566. The lowest BCUT2D eigenvalue weighted by Crippen LogP contribution is -2.42. The van der Waals surface area contributed by atoms with Gasteiger partial charge in [0, 0.05) is 30.2 Å². The molecule has 5 heteroatoms. The molecule has 3 heterocycles. The second-order valence-corrected chi connectivity index (χ2v) is 10.5. The van der Waals surface area contributed by atoms with Gasteiger partial charge in [-0.3, -0.25) is 4.98 Å². The van der Waals surface area contributed by atoms with Crippen molar-refractivity contribution in [3.8, 4) is 0 Å². The first kappa shape index (κ1) is 22.6. The summed E-state index contributed by atoms with van der Waals surface area (Å²) in [6.07, 6.45) is 4.21. The molecule has 34 heavy (non-hydrogen) atoms. The fourth-order valence-electron chi connectivity index (χ4n) is 5.42. The van der Waals surface area contributed by atoms with Crippen molar-refractivity contribution in [2.24, 2.45) is 0 Å². The van der Waals surface area contributed by atoms with Crippen LogP contribution in [0.4, 0.5) is 11.4 Å². The van der Waals surface area contributed by atoms with Crippen molar-refractivity contribution in [3.05, 3.63) is 94.8 Å². The minimum Gasteiger partial charge on any atom is -0.366 e. The van der Waals surface area contributed by atoms with Gasteiger partial charge >= 0.3 is 0 Å². The summed E-state index contributed by atoms with van der Waals surface area (Å²) in [7, 11) is 2.17. The first-order chi connectivity index (χ1) is 16.2. The lowest BCUT2D eigenvalue weighted by Gasteiger charge is -2.41. The molecule has 1 saturated heterocycles. The number of hydrogen-bond acceptors (Lipinski definition) is 3. The highest BCUT2D eigenvalue weighted by atomic mass is 32.1. The largest absolute Gasteiger partial charge is 0.366 e. The molecule has 0 aliphatic carbocycles. The number of thiocarbonyl (C=S) groups is 1. The standard InChI is InChI=1S/C29H32N4S/c1-18-13-19(2)15-22(14-18)33-27(26(31-28(33)34)24-9-7-8-12-30-24)21-10-11-25-23(16-21)20(3)17-29(4,5)32(25)6/h7-17,26-27H,1-6H3,(H,31,34). The molecule has 0 saturated carbocycles. The van der Waals surface area contributed by atoms with E-state index in [4.69, 9.17) is 17.2 Å². The minimum atomic E-state index is -0.0467. The van der Waals surface area contributed by atoms with E-state index in [0.29, 0.717) is 0 Å². The molecule has 2 atom stereocenters. The molecule has 2 unspecified atom stereocenters. The number of benzene rings is 2. The first-order valence-corrected chi connectivity index (χ1v) is 12.2. The number of hydrogen-bond donors (Lipinski definition) is 1. The topological polar surface area (TPSA) is 31.4 Å². The van der Waals surface area contributed by atoms with E-state index in [0.717, 1.165) is 16.5 Å². The molecule has 1 aromatic heterocycles. The van der Waals surface area contributed by atoms with Crippen molar-refractivity contribution in [1.29, 1.82) is 0 Å². The Balaban J connectivity index is 1.67. The highest BCUT2D eigenvalue weighted by Crippen LogP contribution is 2.45. The highest BCUT2D eigenvalue weighted by Gasteiger charge is 2.41. The maximum absolute atomic E-state index is 5.92. The Bertz CT molecular complexity index is 1270.